The second-order valence-corrected chi connectivity index (χ2v) is 7.48. The number of carboxylic acids is 1. The second kappa shape index (κ2) is 5.44. The third kappa shape index (κ3) is 3.03. The average molecular weight is 304 g/mol. The van der Waals surface area contributed by atoms with Gasteiger partial charge in [0.15, 0.2) is 0 Å². The Bertz CT molecular complexity index is 514. The van der Waals surface area contributed by atoms with Crippen molar-refractivity contribution in [1.82, 2.24) is 8.61 Å². The molecule has 0 bridgehead atoms. The first-order valence-corrected chi connectivity index (χ1v) is 7.92. The first kappa shape index (κ1) is 15.4. The largest absolute Gasteiger partial charge is 0.480 e. The van der Waals surface area contributed by atoms with Gasteiger partial charge in [-0.2, -0.15) is 17.0 Å². The lowest BCUT2D eigenvalue weighted by Crippen LogP contribution is -2.61. The van der Waals surface area contributed by atoms with Crippen molar-refractivity contribution in [1.29, 1.82) is 0 Å². The third-order valence-corrected chi connectivity index (χ3v) is 5.41. The van der Waals surface area contributed by atoms with Gasteiger partial charge in [-0.25, -0.2) is 0 Å². The fourth-order valence-corrected chi connectivity index (χ4v) is 4.19. The molecule has 0 radical (unpaired) electrons. The summed E-state index contributed by atoms with van der Waals surface area (Å²) in [5.74, 6) is -1.18. The van der Waals surface area contributed by atoms with Gasteiger partial charge in [0.1, 0.15) is 6.04 Å². The molecule has 0 aliphatic carbocycles. The zero-order chi connectivity index (χ0) is 15.0. The summed E-state index contributed by atoms with van der Waals surface area (Å²) in [6.45, 7) is 4.07. The first-order chi connectivity index (χ1) is 9.24. The van der Waals surface area contributed by atoms with Crippen molar-refractivity contribution in [3.63, 3.8) is 0 Å². The number of ether oxygens (including phenoxy) is 1. The summed E-state index contributed by atoms with van der Waals surface area (Å²) in [7, 11) is -3.80. The van der Waals surface area contributed by atoms with E-state index in [0.717, 1.165) is 4.31 Å². The maximum absolute atomic E-state index is 12.6. The minimum Gasteiger partial charge on any atom is -0.480 e. The molecule has 114 valence electrons. The van der Waals surface area contributed by atoms with E-state index in [1.807, 2.05) is 6.08 Å². The Kier molecular flexibility index (Phi) is 4.19. The predicted molar refractivity (Wildman–Crippen MR) is 72.4 cm³/mol. The molecule has 8 heteroatoms. The Labute approximate surface area is 119 Å². The fourth-order valence-electron chi connectivity index (χ4n) is 2.33. The molecule has 1 unspecified atom stereocenters. The molecule has 7 nitrogen and oxygen atoms in total. The molecule has 2 rings (SSSR count). The number of morpholine rings is 1. The van der Waals surface area contributed by atoms with E-state index in [2.05, 4.69) is 0 Å². The molecule has 1 fully saturated rings. The number of hydrogen-bond donors (Lipinski definition) is 1. The summed E-state index contributed by atoms with van der Waals surface area (Å²) in [5, 5.41) is 9.22. The Balaban J connectivity index is 2.29. The van der Waals surface area contributed by atoms with E-state index in [9.17, 15) is 18.3 Å². The lowest BCUT2D eigenvalue weighted by Gasteiger charge is -2.42. The molecule has 2 aliphatic rings. The van der Waals surface area contributed by atoms with Crippen LogP contribution < -0.4 is 0 Å². The molecule has 0 aromatic rings. The molecule has 1 saturated heterocycles. The maximum atomic E-state index is 12.6. The monoisotopic (exact) mass is 304 g/mol. The van der Waals surface area contributed by atoms with Crippen LogP contribution in [0.15, 0.2) is 12.2 Å². The van der Waals surface area contributed by atoms with Crippen LogP contribution in [-0.4, -0.2) is 66.0 Å². The summed E-state index contributed by atoms with van der Waals surface area (Å²) in [6.07, 6.45) is 4.34. The van der Waals surface area contributed by atoms with E-state index in [1.54, 1.807) is 19.9 Å². The number of rotatable bonds is 3. The van der Waals surface area contributed by atoms with E-state index in [0.29, 0.717) is 13.0 Å². The van der Waals surface area contributed by atoms with Crippen LogP contribution in [0.25, 0.3) is 0 Å². The molecule has 2 aliphatic heterocycles. The lowest BCUT2D eigenvalue weighted by molar-refractivity contribution is -0.154. The van der Waals surface area contributed by atoms with Gasteiger partial charge in [-0.3, -0.25) is 4.79 Å². The molecule has 20 heavy (non-hydrogen) atoms. The van der Waals surface area contributed by atoms with Crippen molar-refractivity contribution in [3.05, 3.63) is 12.2 Å². The van der Waals surface area contributed by atoms with E-state index in [1.165, 1.54) is 4.31 Å². The van der Waals surface area contributed by atoms with E-state index >= 15 is 0 Å². The van der Waals surface area contributed by atoms with Gasteiger partial charge in [0.2, 0.25) is 0 Å². The summed E-state index contributed by atoms with van der Waals surface area (Å²) in [4.78, 5) is 11.3. The van der Waals surface area contributed by atoms with Crippen LogP contribution in [0.3, 0.4) is 0 Å². The first-order valence-electron chi connectivity index (χ1n) is 6.53. The number of carboxylic acid groups (broad SMARTS) is 1. The van der Waals surface area contributed by atoms with Crippen LogP contribution in [0.2, 0.25) is 0 Å². The predicted octanol–water partition coefficient (Wildman–Crippen LogP) is 0.0571. The molecule has 1 atom stereocenters. The van der Waals surface area contributed by atoms with Crippen LogP contribution >= 0.6 is 0 Å². The Morgan fingerprint density at radius 2 is 2.10 bits per heavy atom. The van der Waals surface area contributed by atoms with Crippen molar-refractivity contribution in [2.45, 2.75) is 31.9 Å². The zero-order valence-corrected chi connectivity index (χ0v) is 12.5. The van der Waals surface area contributed by atoms with Crippen molar-refractivity contribution in [2.24, 2.45) is 0 Å². The summed E-state index contributed by atoms with van der Waals surface area (Å²) >= 11 is 0. The van der Waals surface area contributed by atoms with Gasteiger partial charge < -0.3 is 9.84 Å². The topological polar surface area (TPSA) is 87.2 Å². The maximum Gasteiger partial charge on any atom is 0.324 e. The van der Waals surface area contributed by atoms with Crippen LogP contribution in [0.4, 0.5) is 0 Å². The Hall–Kier alpha value is -0.960. The lowest BCUT2D eigenvalue weighted by atomic mass is 10.1. The van der Waals surface area contributed by atoms with E-state index in [4.69, 9.17) is 4.74 Å². The molecule has 0 spiro atoms. The van der Waals surface area contributed by atoms with Gasteiger partial charge in [-0.05, 0) is 20.3 Å². The van der Waals surface area contributed by atoms with Gasteiger partial charge in [0.05, 0.1) is 12.2 Å². The fraction of sp³-hybridized carbons (Fsp3) is 0.750. The molecule has 0 aromatic heterocycles. The highest BCUT2D eigenvalue weighted by atomic mass is 32.2. The van der Waals surface area contributed by atoms with Crippen molar-refractivity contribution in [3.8, 4) is 0 Å². The Morgan fingerprint density at radius 3 is 2.65 bits per heavy atom. The summed E-state index contributed by atoms with van der Waals surface area (Å²) in [5.41, 5.74) is -0.690. The van der Waals surface area contributed by atoms with Gasteiger partial charge in [-0.15, -0.1) is 0 Å². The number of nitrogens with zero attached hydrogens (tertiary/aromatic N) is 2. The Morgan fingerprint density at radius 1 is 1.40 bits per heavy atom. The average Bonchev–Trinajstić information content (AvgIpc) is 2.38. The smallest absolute Gasteiger partial charge is 0.324 e. The molecule has 0 amide bonds. The van der Waals surface area contributed by atoms with Crippen molar-refractivity contribution < 1.29 is 23.1 Å². The van der Waals surface area contributed by atoms with Crippen LogP contribution in [0.1, 0.15) is 20.3 Å². The number of aliphatic carboxylic acids is 1. The highest BCUT2D eigenvalue weighted by Gasteiger charge is 2.45. The van der Waals surface area contributed by atoms with Gasteiger partial charge >= 0.3 is 5.97 Å². The standard InChI is InChI=1S/C12H20N2O5S/c1-12(2)9-14(10(8-19-12)11(15)16)20(17,18)13-6-4-3-5-7-13/h3-4,10H,5-9H2,1-2H3,(H,15,16). The second-order valence-electron chi connectivity index (χ2n) is 5.60. The van der Waals surface area contributed by atoms with Crippen LogP contribution in [-0.2, 0) is 19.7 Å². The normalized spacial score (nSPS) is 28.4. The summed E-state index contributed by atoms with van der Waals surface area (Å²) < 4.78 is 33.1. The highest BCUT2D eigenvalue weighted by molar-refractivity contribution is 7.86. The number of hydrogen-bond acceptors (Lipinski definition) is 4. The quantitative estimate of drug-likeness (QED) is 0.745. The van der Waals surface area contributed by atoms with E-state index < -0.39 is 27.8 Å². The molecule has 0 saturated carbocycles. The molecular formula is C12H20N2O5S. The minimum atomic E-state index is -3.80. The molecule has 2 heterocycles. The van der Waals surface area contributed by atoms with Crippen LogP contribution in [0, 0.1) is 0 Å². The van der Waals surface area contributed by atoms with Gasteiger partial charge in [0.25, 0.3) is 10.2 Å². The van der Waals surface area contributed by atoms with Crippen molar-refractivity contribution >= 4 is 16.2 Å². The third-order valence-electron chi connectivity index (χ3n) is 3.44. The van der Waals surface area contributed by atoms with Gasteiger partial charge in [0, 0.05) is 19.6 Å². The highest BCUT2D eigenvalue weighted by Crippen LogP contribution is 2.26. The number of carbonyl (C=O) groups is 1. The zero-order valence-electron chi connectivity index (χ0n) is 11.7. The van der Waals surface area contributed by atoms with E-state index in [-0.39, 0.29) is 19.7 Å². The summed E-state index contributed by atoms with van der Waals surface area (Å²) in [6, 6.07) is -1.17. The molecule has 0 aromatic carbocycles. The molecular weight excluding hydrogens is 284 g/mol. The van der Waals surface area contributed by atoms with Gasteiger partial charge in [-0.1, -0.05) is 12.2 Å². The SMILES string of the molecule is CC1(C)CN(S(=O)(=O)N2CC=CCC2)C(C(=O)O)CO1. The van der Waals surface area contributed by atoms with Crippen LogP contribution in [0.5, 0.6) is 0 Å². The minimum absolute atomic E-state index is 0.0342. The molecule has 1 N–H and O–H groups in total. The van der Waals surface area contributed by atoms with Crippen molar-refractivity contribution in [2.75, 3.05) is 26.2 Å².